The fraction of sp³-hybridized carbons (Fsp3) is 0.569. The summed E-state index contributed by atoms with van der Waals surface area (Å²) in [6.07, 6.45) is -16.8. The normalized spacial score (nSPS) is 29.5. The zero-order valence-electron chi connectivity index (χ0n) is 76.6. The molecule has 0 amide bonds. The highest BCUT2D eigenvalue weighted by atomic mass is 32.7. The summed E-state index contributed by atoms with van der Waals surface area (Å²) in [6, 6.07) is 0. The van der Waals surface area contributed by atoms with Crippen LogP contribution in [0.4, 0.5) is 23.4 Å². The summed E-state index contributed by atoms with van der Waals surface area (Å²) in [7, 11) is 1.11. The number of aromatic amines is 4. The van der Waals surface area contributed by atoms with Crippen molar-refractivity contribution in [2.75, 3.05) is 69.7 Å². The molecule has 7 saturated heterocycles. The van der Waals surface area contributed by atoms with E-state index in [9.17, 15) is 72.3 Å². The molecule has 0 aliphatic carbocycles. The van der Waals surface area contributed by atoms with Crippen LogP contribution in [0.5, 0.6) is 0 Å². The number of rotatable bonds is 41. The Hall–Kier alpha value is -7.03. The van der Waals surface area contributed by atoms with Crippen LogP contribution in [0.2, 0.25) is 0 Å². The molecule has 17 heterocycles. The highest BCUT2D eigenvalue weighted by Gasteiger charge is 2.52. The molecule has 60 nitrogen and oxygen atoms in total. The predicted octanol–water partition coefficient (Wildman–Crippen LogP) is 1.47. The number of hydrogen-bond donors (Lipinski definition) is 15. The van der Waals surface area contributed by atoms with Crippen molar-refractivity contribution in [2.24, 2.45) is 0 Å². The lowest BCUT2D eigenvalue weighted by Crippen LogP contribution is -2.33. The van der Waals surface area contributed by atoms with Crippen molar-refractivity contribution in [2.45, 2.75) is 215 Å². The second-order valence-electron chi connectivity index (χ2n) is 34.1. The monoisotopic (exact) mass is 2310 g/mol. The Kier molecular flexibility index (Phi) is 33.4. The highest BCUT2D eigenvalue weighted by Crippen LogP contribution is 2.61. The van der Waals surface area contributed by atoms with Gasteiger partial charge in [-0.2, -0.15) is 9.97 Å². The van der Waals surface area contributed by atoms with Crippen LogP contribution < -0.4 is 67.9 Å². The van der Waals surface area contributed by atoms with E-state index in [-0.39, 0.29) is 101 Å². The number of imidazole rings is 3. The molecular weight excluding hydrogens is 2220 g/mol. The second kappa shape index (κ2) is 44.2. The first-order valence-electron chi connectivity index (χ1n) is 43.8. The lowest BCUT2D eigenvalue weighted by Gasteiger charge is -2.28. The lowest BCUT2D eigenvalue weighted by molar-refractivity contribution is -0.0571. The lowest BCUT2D eigenvalue weighted by atomic mass is 10.1. The molecule has 10 aromatic heterocycles. The van der Waals surface area contributed by atoms with Gasteiger partial charge < -0.3 is 140 Å². The van der Waals surface area contributed by atoms with Gasteiger partial charge in [0.1, 0.15) is 116 Å². The minimum Gasteiger partial charge on any atom is -0.383 e. The maximum atomic E-state index is 14.8. The summed E-state index contributed by atoms with van der Waals surface area (Å²) >= 11 is 37.7. The van der Waals surface area contributed by atoms with E-state index in [1.165, 1.54) is 80.0 Å². The number of nitrogens with zero attached hydrogens (tertiary/aromatic N) is 16. The molecule has 7 aliphatic heterocycles. The first-order chi connectivity index (χ1) is 68.8. The summed E-state index contributed by atoms with van der Waals surface area (Å²) in [5, 5.41) is 0. The number of H-pyrrole nitrogens is 4. The van der Waals surface area contributed by atoms with Crippen LogP contribution in [-0.2, 0) is 172 Å². The van der Waals surface area contributed by atoms with Crippen LogP contribution in [0.3, 0.4) is 0 Å². The van der Waals surface area contributed by atoms with Crippen LogP contribution >= 0.6 is 59.4 Å². The fourth-order valence-electron chi connectivity index (χ4n) is 17.1. The minimum absolute atomic E-state index is 0.00884. The van der Waals surface area contributed by atoms with E-state index in [1.54, 1.807) is 11.5 Å². The zero-order chi connectivity index (χ0) is 105. The number of aromatic nitrogens is 20. The summed E-state index contributed by atoms with van der Waals surface area (Å²) in [5.74, 6) is -0.269. The topological polar surface area (TPSA) is 787 Å². The Morgan fingerprint density at radius 3 is 0.993 bits per heavy atom. The molecule has 0 radical (unpaired) electrons. The largest absolute Gasteiger partial charge is 0.386 e. The van der Waals surface area contributed by atoms with Gasteiger partial charge in [0.25, 0.3) is 22.2 Å². The van der Waals surface area contributed by atoms with Crippen molar-refractivity contribution >= 4 is 187 Å². The van der Waals surface area contributed by atoms with Gasteiger partial charge in [-0.15, -0.1) is 0 Å². The molecule has 17 rings (SSSR count). The maximum absolute atomic E-state index is 14.8. The smallest absolute Gasteiger partial charge is 0.383 e. The van der Waals surface area contributed by atoms with E-state index in [0.717, 1.165) is 31.7 Å². The van der Waals surface area contributed by atoms with Crippen LogP contribution in [0.1, 0.15) is 124 Å². The number of nitrogen functional groups attached to an aromatic ring is 4. The van der Waals surface area contributed by atoms with E-state index in [0.29, 0.717) is 23.1 Å². The number of ether oxygens (including phenoxy) is 7. The summed E-state index contributed by atoms with van der Waals surface area (Å²) < 4.78 is 151. The fourth-order valence-corrected chi connectivity index (χ4v) is 26.9. The van der Waals surface area contributed by atoms with Crippen LogP contribution in [0.25, 0.3) is 33.5 Å². The van der Waals surface area contributed by atoms with Crippen molar-refractivity contribution < 1.29 is 130 Å². The predicted molar refractivity (Wildman–Crippen MR) is 530 cm³/mol. The molecule has 28 atom stereocenters. The first kappa shape index (κ1) is 110. The van der Waals surface area contributed by atoms with E-state index in [1.807, 2.05) is 6.92 Å². The Morgan fingerprint density at radius 2 is 0.651 bits per heavy atom. The van der Waals surface area contributed by atoms with E-state index < -0.39 is 267 Å². The first-order valence-corrected chi connectivity index (χ1v) is 62.1. The number of hydrogen-bond acceptors (Lipinski definition) is 49. The third-order valence-corrected chi connectivity index (χ3v) is 35.5. The Labute approximate surface area is 855 Å². The van der Waals surface area contributed by atoms with Crippen molar-refractivity contribution in [3.8, 4) is 0 Å². The Bertz CT molecular complexity index is 7530. The zero-order valence-corrected chi connectivity index (χ0v) is 88.7. The number of fused-ring (bicyclic) bond motifs is 3. The van der Waals surface area contributed by atoms with Gasteiger partial charge in [-0.25, -0.2) is 58.6 Å². The van der Waals surface area contributed by atoms with Crippen LogP contribution in [0.15, 0.2) is 94.8 Å². The molecule has 7 aliphatic rings. The number of anilines is 4. The molecule has 796 valence electrons. The van der Waals surface area contributed by atoms with Gasteiger partial charge >= 0.3 is 69.9 Å². The van der Waals surface area contributed by atoms with Gasteiger partial charge in [0.05, 0.1) is 101 Å². The van der Waals surface area contributed by atoms with Crippen LogP contribution in [0, 0.1) is 27.7 Å². The molecule has 74 heteroatoms. The highest BCUT2D eigenvalue weighted by molar-refractivity contribution is 8.44. The summed E-state index contributed by atoms with van der Waals surface area (Å²) in [4.78, 5) is 223. The van der Waals surface area contributed by atoms with Gasteiger partial charge in [-0.05, 0) is 105 Å². The van der Waals surface area contributed by atoms with Crippen LogP contribution in [-0.4, -0.2) is 258 Å². The Morgan fingerprint density at radius 1 is 0.363 bits per heavy atom. The maximum Gasteiger partial charge on any atom is 0.386 e. The quantitative estimate of drug-likeness (QED) is 0.0191. The van der Waals surface area contributed by atoms with Gasteiger partial charge in [0, 0.05) is 99.1 Å². The summed E-state index contributed by atoms with van der Waals surface area (Å²) in [6.45, 7) is -28.8. The molecule has 18 N–H and O–H groups in total. The third-order valence-electron chi connectivity index (χ3n) is 24.2. The van der Waals surface area contributed by atoms with Crippen molar-refractivity contribution in [1.29, 1.82) is 0 Å². The van der Waals surface area contributed by atoms with E-state index in [2.05, 4.69) is 77.0 Å². The second-order valence-corrected chi connectivity index (χ2v) is 53.8. The van der Waals surface area contributed by atoms with Gasteiger partial charge in [-0.1, -0.05) is 19.2 Å². The average Bonchev–Trinajstić information content (AvgIpc) is 1.63. The molecule has 0 bridgehead atoms. The van der Waals surface area contributed by atoms with Crippen molar-refractivity contribution in [3.63, 3.8) is 0 Å². The SMILES string of the molecule is CC[C@H]1O[C@@H](n2cnc3c(N)ncnc32)CC1OP(O)(=S)OC[C@H]1O[C@@H](n2cc(C)c(=O)[nH]c2=O)CC1OP(=O)(S)OC[C@H]1O[C@@H](n2cc(C)c(=O)[nH]c2=O)CC1OP(O)(=S)OC[C@H]1O[C@@H](n2cc(C)c(N)nc2=O)CC1OP(O)(=S)OC[C@H]1O[C@@H](n2cnc3c(N)ncnc32)CC1OP(O)(=S)OC[C@H]1O[C@@H](n2cc(C)c(=O)[nH]c2=O)CC1OP(O)(=S)OC[C@H]1O[C@@H](n2cnc3c(=O)[nH]c(N)nc32)CC1OP(O)(=S)OC. The number of thiol groups is 1. The van der Waals surface area contributed by atoms with Gasteiger partial charge in [0.15, 0.2) is 34.1 Å². The molecule has 0 aromatic carbocycles. The third kappa shape index (κ3) is 25.4. The average molecular weight is 2310 g/mol. The molecular formula is C72H95N24O36P7S7. The number of nitrogens with two attached hydrogens (primary N) is 4. The van der Waals surface area contributed by atoms with Crippen molar-refractivity contribution in [1.82, 2.24) is 96.8 Å². The van der Waals surface area contributed by atoms with Gasteiger partial charge in [-0.3, -0.25) is 80.1 Å². The summed E-state index contributed by atoms with van der Waals surface area (Å²) in [5.41, 5.74) is 19.0. The molecule has 0 saturated carbocycles. The molecule has 0 spiro atoms. The van der Waals surface area contributed by atoms with E-state index >= 15 is 0 Å². The Balaban J connectivity index is 0.578. The minimum atomic E-state index is -4.81. The standard InChI is InChI=1S/C72H95N24O36P7S7/c1-7-34-35(8-52(119-34)94-27-81-55-59(74)77-25-79-61(55)94)127-134(106,141)113-20-44-38(10-49(121-44)91-16-31(3)64(97)87-70(91)102)130-137(109,144)116-22-45-40(12-51(122-45)93-18-33(5)66(99)89-72(93)104)131-136(108,143)115-21-43-37(9-48(120-43)90-15-30(2)58(73)84-69(90)101)128-138(110,145)118-24-47-41(14-53(124-47)95-28-82-56-60(75)78-26-80-62(56)95)132-139(111,146)117-23-46-39(11-50(123-46)92-17-32(4)65(98)88-71(92)103)129-135(107,142)114-19-42-36(126-133(105,140)112-6)13-54(125-42)96-29-83-57-63(96)85-68(76)86-67(57)100/h15-18,25-29,34-54H,7-14,19-24H2,1-6H3,(H,105,140)(H,106,141)(H,107,142)(H,108,143)(H,109,144)(H,110,145)(H,111,146)(H2,73,84,101)(H2,74,77,79)(H2,75,78,80)(H,87,97,102)(H,88,98,103)(H,89,99,104)(H3,76,85,86,100)/t34-,35?,36?,37?,38?,39?,40?,41?,42-,43-,44-,45-,46-,47-,48-,49-,50-,51-,52-,53-,54-,133?,134?,135?,136?,137?,138?,139?/m1/s1. The van der Waals surface area contributed by atoms with E-state index in [4.69, 9.17) is 190 Å². The number of nitrogens with one attached hydrogen (secondary N) is 4. The molecule has 14 unspecified atom stereocenters. The molecule has 7 fully saturated rings. The molecule has 10 aromatic rings. The van der Waals surface area contributed by atoms with Gasteiger partial charge in [0.2, 0.25) is 5.95 Å². The molecule has 146 heavy (non-hydrogen) atoms. The number of aryl methyl sites for hydroxylation is 4. The van der Waals surface area contributed by atoms with Crippen molar-refractivity contribution in [3.05, 3.63) is 162 Å².